The third-order valence-corrected chi connectivity index (χ3v) is 6.37. The number of piperazine rings is 1. The minimum absolute atomic E-state index is 0.139. The number of rotatable bonds is 5. The Labute approximate surface area is 200 Å². The van der Waals surface area contributed by atoms with Gasteiger partial charge >= 0.3 is 0 Å². The lowest BCUT2D eigenvalue weighted by Crippen LogP contribution is -2.48. The first-order valence-electron chi connectivity index (χ1n) is 11.5. The maximum atomic E-state index is 14.7. The molecule has 0 spiro atoms. The average molecular weight is 475 g/mol. The molecule has 3 aromatic carbocycles. The molecule has 2 heterocycles. The van der Waals surface area contributed by atoms with Crippen LogP contribution in [0.25, 0.3) is 10.8 Å². The Kier molecular flexibility index (Phi) is 6.37. The van der Waals surface area contributed by atoms with Crippen LogP contribution in [0.15, 0.2) is 71.5 Å². The van der Waals surface area contributed by atoms with E-state index in [2.05, 4.69) is 27.2 Å². The summed E-state index contributed by atoms with van der Waals surface area (Å²) in [6.45, 7) is 2.95. The molecule has 5 rings (SSSR count). The molecule has 0 radical (unpaired) electrons. The number of halogens is 2. The van der Waals surface area contributed by atoms with Gasteiger partial charge in [-0.25, -0.2) is 13.9 Å². The molecule has 0 saturated carbocycles. The molecule has 0 aliphatic carbocycles. The zero-order chi connectivity index (χ0) is 24.4. The third-order valence-electron chi connectivity index (χ3n) is 6.37. The molecule has 1 aliphatic rings. The largest absolute Gasteiger partial charge is 0.336 e. The van der Waals surface area contributed by atoms with Crippen LogP contribution in [0.1, 0.15) is 27.2 Å². The van der Waals surface area contributed by atoms with Crippen molar-refractivity contribution in [1.29, 1.82) is 0 Å². The van der Waals surface area contributed by atoms with Gasteiger partial charge in [0.25, 0.3) is 11.5 Å². The molecule has 1 N–H and O–H groups in total. The standard InChI is InChI=1S/C27H24F2N4O2/c28-23-15-19(16-24-20-8-4-5-9-21(20)26(34)31-30-24)14-22(25(23)29)27(35)33-12-10-32(11-13-33)17-18-6-2-1-3-7-18/h1-9,14-15H,10-13,16-17H2,(H,31,34). The molecule has 0 unspecified atom stereocenters. The summed E-state index contributed by atoms with van der Waals surface area (Å²) in [6, 6.07) is 19.5. The van der Waals surface area contributed by atoms with E-state index >= 15 is 0 Å². The number of benzene rings is 3. The van der Waals surface area contributed by atoms with E-state index in [1.165, 1.54) is 11.6 Å². The second kappa shape index (κ2) is 9.76. The topological polar surface area (TPSA) is 69.3 Å². The van der Waals surface area contributed by atoms with Gasteiger partial charge in [-0.05, 0) is 29.3 Å². The summed E-state index contributed by atoms with van der Waals surface area (Å²) >= 11 is 0. The average Bonchev–Trinajstić information content (AvgIpc) is 2.88. The smallest absolute Gasteiger partial charge is 0.272 e. The molecular formula is C27H24F2N4O2. The quantitative estimate of drug-likeness (QED) is 0.478. The van der Waals surface area contributed by atoms with Gasteiger partial charge in [-0.2, -0.15) is 5.10 Å². The fourth-order valence-electron chi connectivity index (χ4n) is 4.52. The number of nitrogens with one attached hydrogen (secondary N) is 1. The number of nitrogens with zero attached hydrogens (tertiary/aromatic N) is 3. The number of amides is 1. The van der Waals surface area contributed by atoms with E-state index in [9.17, 15) is 18.4 Å². The molecule has 1 saturated heterocycles. The van der Waals surface area contributed by atoms with Gasteiger partial charge in [0.15, 0.2) is 11.6 Å². The summed E-state index contributed by atoms with van der Waals surface area (Å²) in [6.07, 6.45) is 0.139. The fraction of sp³-hybridized carbons (Fsp3) is 0.222. The molecule has 6 nitrogen and oxygen atoms in total. The minimum atomic E-state index is -1.15. The van der Waals surface area contributed by atoms with Gasteiger partial charge in [-0.15, -0.1) is 0 Å². The van der Waals surface area contributed by atoms with Crippen molar-refractivity contribution in [1.82, 2.24) is 20.0 Å². The summed E-state index contributed by atoms with van der Waals surface area (Å²) in [4.78, 5) is 29.0. The number of H-pyrrole nitrogens is 1. The summed E-state index contributed by atoms with van der Waals surface area (Å²) in [7, 11) is 0. The van der Waals surface area contributed by atoms with Gasteiger partial charge in [-0.3, -0.25) is 14.5 Å². The molecule has 35 heavy (non-hydrogen) atoms. The van der Waals surface area contributed by atoms with Crippen molar-refractivity contribution in [2.45, 2.75) is 13.0 Å². The monoisotopic (exact) mass is 474 g/mol. The molecule has 0 bridgehead atoms. The van der Waals surface area contributed by atoms with Crippen molar-refractivity contribution in [3.63, 3.8) is 0 Å². The maximum Gasteiger partial charge on any atom is 0.272 e. The Bertz CT molecular complexity index is 1430. The molecule has 0 atom stereocenters. The van der Waals surface area contributed by atoms with Gasteiger partial charge in [0.1, 0.15) is 0 Å². The van der Waals surface area contributed by atoms with Crippen LogP contribution in [0.4, 0.5) is 8.78 Å². The number of aromatic amines is 1. The predicted molar refractivity (Wildman–Crippen MR) is 129 cm³/mol. The first-order valence-corrected chi connectivity index (χ1v) is 11.5. The van der Waals surface area contributed by atoms with Gasteiger partial charge in [0.2, 0.25) is 0 Å². The van der Waals surface area contributed by atoms with Crippen molar-refractivity contribution in [3.8, 4) is 0 Å². The highest BCUT2D eigenvalue weighted by atomic mass is 19.2. The highest BCUT2D eigenvalue weighted by Gasteiger charge is 2.26. The summed E-state index contributed by atoms with van der Waals surface area (Å²) < 4.78 is 29.2. The van der Waals surface area contributed by atoms with Crippen LogP contribution in [0, 0.1) is 11.6 Å². The molecule has 178 valence electrons. The minimum Gasteiger partial charge on any atom is -0.336 e. The number of fused-ring (bicyclic) bond motifs is 1. The van der Waals surface area contributed by atoms with Crippen LogP contribution in [0.3, 0.4) is 0 Å². The van der Waals surface area contributed by atoms with E-state index in [1.807, 2.05) is 18.2 Å². The van der Waals surface area contributed by atoms with Crippen LogP contribution in [-0.4, -0.2) is 52.1 Å². The maximum absolute atomic E-state index is 14.7. The molecule has 1 aromatic heterocycles. The molecule has 4 aromatic rings. The van der Waals surface area contributed by atoms with E-state index in [4.69, 9.17) is 0 Å². The molecule has 1 fully saturated rings. The van der Waals surface area contributed by atoms with Crippen molar-refractivity contribution in [3.05, 3.63) is 111 Å². The van der Waals surface area contributed by atoms with Crippen LogP contribution < -0.4 is 5.56 Å². The van der Waals surface area contributed by atoms with E-state index < -0.39 is 17.5 Å². The summed E-state index contributed by atoms with van der Waals surface area (Å²) in [5.74, 6) is -2.76. The van der Waals surface area contributed by atoms with Crippen molar-refractivity contribution >= 4 is 16.7 Å². The van der Waals surface area contributed by atoms with E-state index in [1.54, 1.807) is 29.2 Å². The van der Waals surface area contributed by atoms with E-state index in [0.29, 0.717) is 48.2 Å². The Morgan fingerprint density at radius 2 is 1.57 bits per heavy atom. The van der Waals surface area contributed by atoms with E-state index in [-0.39, 0.29) is 17.5 Å². The van der Waals surface area contributed by atoms with Gasteiger partial charge in [0, 0.05) is 44.5 Å². The Balaban J connectivity index is 1.34. The van der Waals surface area contributed by atoms with Crippen LogP contribution in [-0.2, 0) is 13.0 Å². The Morgan fingerprint density at radius 3 is 2.31 bits per heavy atom. The van der Waals surface area contributed by atoms with Crippen LogP contribution in [0.2, 0.25) is 0 Å². The lowest BCUT2D eigenvalue weighted by atomic mass is 10.0. The van der Waals surface area contributed by atoms with Gasteiger partial charge in [-0.1, -0.05) is 48.5 Å². The third kappa shape index (κ3) is 4.83. The number of hydrogen-bond acceptors (Lipinski definition) is 4. The van der Waals surface area contributed by atoms with Crippen molar-refractivity contribution in [2.24, 2.45) is 0 Å². The van der Waals surface area contributed by atoms with E-state index in [0.717, 1.165) is 12.6 Å². The van der Waals surface area contributed by atoms with Gasteiger partial charge < -0.3 is 4.90 Å². The lowest BCUT2D eigenvalue weighted by molar-refractivity contribution is 0.0622. The number of aromatic nitrogens is 2. The van der Waals surface area contributed by atoms with Gasteiger partial charge in [0.05, 0.1) is 16.6 Å². The van der Waals surface area contributed by atoms with Crippen LogP contribution >= 0.6 is 0 Å². The molecule has 1 aliphatic heterocycles. The number of carbonyl (C=O) groups is 1. The first-order chi connectivity index (χ1) is 17.0. The molecule has 1 amide bonds. The first kappa shape index (κ1) is 22.9. The number of hydrogen-bond donors (Lipinski definition) is 1. The van der Waals surface area contributed by atoms with Crippen LogP contribution in [0.5, 0.6) is 0 Å². The fourth-order valence-corrected chi connectivity index (χ4v) is 4.52. The molecular weight excluding hydrogens is 450 g/mol. The SMILES string of the molecule is O=C(c1cc(Cc2n[nH]c(=O)c3ccccc23)cc(F)c1F)N1CCN(Cc2ccccc2)CC1. The Morgan fingerprint density at radius 1 is 0.886 bits per heavy atom. The zero-order valence-electron chi connectivity index (χ0n) is 19.0. The second-order valence-electron chi connectivity index (χ2n) is 8.71. The van der Waals surface area contributed by atoms with Crippen molar-refractivity contribution < 1.29 is 13.6 Å². The highest BCUT2D eigenvalue weighted by Crippen LogP contribution is 2.22. The second-order valence-corrected chi connectivity index (χ2v) is 8.71. The summed E-state index contributed by atoms with van der Waals surface area (Å²) in [5.41, 5.74) is 1.50. The predicted octanol–water partition coefficient (Wildman–Crippen LogP) is 3.75. The Hall–Kier alpha value is -3.91. The normalized spacial score (nSPS) is 14.4. The number of carbonyl (C=O) groups excluding carboxylic acids is 1. The van der Waals surface area contributed by atoms with Crippen molar-refractivity contribution in [2.75, 3.05) is 26.2 Å². The molecule has 8 heteroatoms. The summed E-state index contributed by atoms with van der Waals surface area (Å²) in [5, 5.41) is 7.64. The lowest BCUT2D eigenvalue weighted by Gasteiger charge is -2.35. The zero-order valence-corrected chi connectivity index (χ0v) is 19.0. The highest BCUT2D eigenvalue weighted by molar-refractivity contribution is 5.95.